The van der Waals surface area contributed by atoms with Gasteiger partial charge in [-0.15, -0.1) is 0 Å². The Kier molecular flexibility index (Phi) is 7.90. The largest absolute Gasteiger partial charge is 0.465 e. The molecule has 0 spiro atoms. The van der Waals surface area contributed by atoms with Gasteiger partial charge >= 0.3 is 12.1 Å². The first-order chi connectivity index (χ1) is 20.8. The number of carbonyl (C=O) groups is 2. The van der Waals surface area contributed by atoms with E-state index in [4.69, 9.17) is 10.5 Å². The maximum atomic E-state index is 13.9. The summed E-state index contributed by atoms with van der Waals surface area (Å²) in [6.07, 6.45) is 3.26. The minimum atomic E-state index is -1.08. The molecule has 2 amide bonds. The third-order valence-corrected chi connectivity index (χ3v) is 8.75. The van der Waals surface area contributed by atoms with Crippen LogP contribution in [0.1, 0.15) is 54.1 Å². The summed E-state index contributed by atoms with van der Waals surface area (Å²) < 4.78 is 6.07. The molecule has 12 heteroatoms. The van der Waals surface area contributed by atoms with Gasteiger partial charge in [-0.25, -0.2) is 4.79 Å². The highest BCUT2D eigenvalue weighted by Gasteiger charge is 2.34. The van der Waals surface area contributed by atoms with Crippen molar-refractivity contribution in [2.45, 2.75) is 50.1 Å². The number of hydrogen-bond donors (Lipinski definition) is 3. The van der Waals surface area contributed by atoms with E-state index in [2.05, 4.69) is 32.3 Å². The summed E-state index contributed by atoms with van der Waals surface area (Å²) in [6, 6.07) is 13.8. The Morgan fingerprint density at radius 1 is 1.12 bits per heavy atom. The average Bonchev–Trinajstić information content (AvgIpc) is 3.77. The Bertz CT molecular complexity index is 1580. The van der Waals surface area contributed by atoms with Crippen LogP contribution in [0.25, 0.3) is 10.8 Å². The molecule has 3 fully saturated rings. The van der Waals surface area contributed by atoms with Gasteiger partial charge in [0.25, 0.3) is 5.91 Å². The summed E-state index contributed by atoms with van der Waals surface area (Å²) in [4.78, 5) is 40.1. The number of amides is 2. The first-order valence-corrected chi connectivity index (χ1v) is 14.8. The molecule has 2 atom stereocenters. The predicted octanol–water partition coefficient (Wildman–Crippen LogP) is 3.90. The minimum Gasteiger partial charge on any atom is -0.465 e. The number of likely N-dealkylation sites (N-methyl/N-ethyl adjacent to an activating group) is 1. The van der Waals surface area contributed by atoms with Crippen LogP contribution >= 0.6 is 0 Å². The third-order valence-electron chi connectivity index (χ3n) is 8.75. The number of carboxylic acid groups (broad SMARTS) is 1. The van der Waals surface area contributed by atoms with E-state index >= 15 is 0 Å². The fourth-order valence-corrected chi connectivity index (χ4v) is 6.25. The number of hydrogen-bond acceptors (Lipinski definition) is 9. The number of aromatic nitrogens is 2. The molecule has 0 bridgehead atoms. The molecular formula is C31H36N8O4. The molecule has 6 rings (SSSR count). The monoisotopic (exact) mass is 584 g/mol. The lowest BCUT2D eigenvalue weighted by Gasteiger charge is -2.40. The summed E-state index contributed by atoms with van der Waals surface area (Å²) >= 11 is 0. The Morgan fingerprint density at radius 2 is 1.91 bits per heavy atom. The molecule has 12 nitrogen and oxygen atoms in total. The maximum absolute atomic E-state index is 13.9. The quantitative estimate of drug-likeness (QED) is 0.354. The molecule has 0 radical (unpaired) electrons. The van der Waals surface area contributed by atoms with Gasteiger partial charge in [-0.2, -0.15) is 15.2 Å². The number of nitrogen functional groups attached to an aromatic ring is 1. The highest BCUT2D eigenvalue weighted by molar-refractivity contribution is 6.12. The van der Waals surface area contributed by atoms with Crippen LogP contribution in [-0.4, -0.2) is 88.8 Å². The van der Waals surface area contributed by atoms with Gasteiger partial charge in [0.1, 0.15) is 12.3 Å². The van der Waals surface area contributed by atoms with Gasteiger partial charge in [-0.05, 0) is 62.2 Å². The van der Waals surface area contributed by atoms with E-state index in [0.717, 1.165) is 43.0 Å². The average molecular weight is 585 g/mol. The van der Waals surface area contributed by atoms with Crippen LogP contribution in [0.4, 0.5) is 22.0 Å². The van der Waals surface area contributed by atoms with Crippen molar-refractivity contribution in [1.82, 2.24) is 19.8 Å². The molecule has 224 valence electrons. The van der Waals surface area contributed by atoms with Gasteiger partial charge in [-0.3, -0.25) is 4.79 Å². The van der Waals surface area contributed by atoms with Crippen molar-refractivity contribution in [3.63, 3.8) is 0 Å². The first-order valence-electron chi connectivity index (χ1n) is 14.8. The SMILES string of the molecule is CN1CCC[C@H]1COc1nc(C(=O)Nc2cccc3cccc(C4CC4)c23)c(N)c(N2CCN(C(=O)O)C(CC#N)C2)n1. The normalized spacial score (nSPS) is 20.7. The number of fused-ring (bicyclic) bond motifs is 1. The van der Waals surface area contributed by atoms with Crippen LogP contribution in [0.5, 0.6) is 6.01 Å². The zero-order valence-electron chi connectivity index (χ0n) is 24.2. The number of nitrogens with zero attached hydrogens (tertiary/aromatic N) is 6. The summed E-state index contributed by atoms with van der Waals surface area (Å²) in [5.74, 6) is 0.288. The van der Waals surface area contributed by atoms with Gasteiger partial charge in [0, 0.05) is 36.7 Å². The molecule has 1 aliphatic carbocycles. The molecule has 3 aromatic rings. The lowest BCUT2D eigenvalue weighted by molar-refractivity contribution is 0.102. The van der Waals surface area contributed by atoms with Gasteiger partial charge < -0.3 is 35.6 Å². The van der Waals surface area contributed by atoms with Crippen LogP contribution in [0.3, 0.4) is 0 Å². The number of nitriles is 1. The number of rotatable bonds is 8. The number of nitrogens with two attached hydrogens (primary N) is 1. The predicted molar refractivity (Wildman–Crippen MR) is 162 cm³/mol. The van der Waals surface area contributed by atoms with Crippen LogP contribution in [-0.2, 0) is 0 Å². The summed E-state index contributed by atoms with van der Waals surface area (Å²) in [6.45, 7) is 1.99. The zero-order valence-corrected chi connectivity index (χ0v) is 24.2. The second-order valence-corrected chi connectivity index (χ2v) is 11.6. The fraction of sp³-hybridized carbons (Fsp3) is 0.452. The smallest absolute Gasteiger partial charge is 0.407 e. The molecule has 3 aliphatic rings. The molecule has 4 N–H and O–H groups in total. The van der Waals surface area contributed by atoms with E-state index in [9.17, 15) is 20.0 Å². The highest BCUT2D eigenvalue weighted by atomic mass is 16.5. The molecule has 2 saturated heterocycles. The topological polar surface area (TPSA) is 161 Å². The highest BCUT2D eigenvalue weighted by Crippen LogP contribution is 2.45. The van der Waals surface area contributed by atoms with E-state index in [1.54, 1.807) is 0 Å². The van der Waals surface area contributed by atoms with E-state index in [-0.39, 0.29) is 49.5 Å². The number of ether oxygens (including phenoxy) is 1. The summed E-state index contributed by atoms with van der Waals surface area (Å²) in [7, 11) is 2.05. The molecular weight excluding hydrogens is 548 g/mol. The zero-order chi connectivity index (χ0) is 30.1. The van der Waals surface area contributed by atoms with Crippen LogP contribution < -0.4 is 20.7 Å². The first kappa shape index (κ1) is 28.5. The minimum absolute atomic E-state index is 0.0156. The van der Waals surface area contributed by atoms with Gasteiger partial charge in [-0.1, -0.05) is 30.3 Å². The van der Waals surface area contributed by atoms with Gasteiger partial charge in [0.15, 0.2) is 11.5 Å². The lowest BCUT2D eigenvalue weighted by Crippen LogP contribution is -2.55. The van der Waals surface area contributed by atoms with E-state index < -0.39 is 18.0 Å². The van der Waals surface area contributed by atoms with E-state index in [1.165, 1.54) is 10.5 Å². The number of likely N-dealkylation sites (tertiary alicyclic amines) is 1. The Morgan fingerprint density at radius 3 is 2.60 bits per heavy atom. The van der Waals surface area contributed by atoms with Gasteiger partial charge in [0.2, 0.25) is 0 Å². The number of piperazine rings is 1. The number of carbonyl (C=O) groups excluding carboxylic acids is 1. The van der Waals surface area contributed by atoms with Crippen LogP contribution in [0, 0.1) is 11.3 Å². The van der Waals surface area contributed by atoms with Crippen molar-refractivity contribution < 1.29 is 19.4 Å². The molecule has 1 aromatic heterocycles. The standard InChI is InChI=1S/C31H36N8O4/c1-37-14-4-7-22(37)18-43-30-35-27(26(33)28(36-30)38-15-16-39(31(41)42)21(17-38)12-13-32)29(40)34-24-9-3-6-20-5-2-8-23(25(20)24)19-10-11-19/h2-3,5-6,8-9,19,21-22H,4,7,10-12,14-18,33H2,1H3,(H,34,40)(H,41,42)/t21?,22-/m0/s1. The fourth-order valence-electron chi connectivity index (χ4n) is 6.25. The van der Waals surface area contributed by atoms with Crippen LogP contribution in [0.15, 0.2) is 36.4 Å². The molecule has 2 aromatic carbocycles. The second-order valence-electron chi connectivity index (χ2n) is 11.6. The van der Waals surface area contributed by atoms with Crippen LogP contribution in [0.2, 0.25) is 0 Å². The van der Waals surface area contributed by atoms with Crippen molar-refractivity contribution in [3.05, 3.63) is 47.7 Å². The number of nitrogens with one attached hydrogen (secondary N) is 1. The van der Waals surface area contributed by atoms with Gasteiger partial charge in [0.05, 0.1) is 18.5 Å². The van der Waals surface area contributed by atoms with E-state index in [0.29, 0.717) is 24.0 Å². The van der Waals surface area contributed by atoms with Crippen molar-refractivity contribution >= 4 is 40.0 Å². The Balaban J connectivity index is 1.34. The molecule has 1 saturated carbocycles. The summed E-state index contributed by atoms with van der Waals surface area (Å²) in [5.41, 5.74) is 8.57. The van der Waals surface area contributed by atoms with Crippen molar-refractivity contribution in [2.75, 3.05) is 55.8 Å². The van der Waals surface area contributed by atoms with Crippen molar-refractivity contribution in [1.29, 1.82) is 5.26 Å². The summed E-state index contributed by atoms with van der Waals surface area (Å²) in [5, 5.41) is 24.1. The molecule has 43 heavy (non-hydrogen) atoms. The van der Waals surface area contributed by atoms with E-state index in [1.807, 2.05) is 42.3 Å². The van der Waals surface area contributed by atoms with Crippen molar-refractivity contribution in [3.8, 4) is 12.1 Å². The number of benzene rings is 2. The maximum Gasteiger partial charge on any atom is 0.407 e. The third kappa shape index (κ3) is 5.85. The lowest BCUT2D eigenvalue weighted by atomic mass is 9.99. The van der Waals surface area contributed by atoms with Crippen molar-refractivity contribution in [2.24, 2.45) is 0 Å². The number of anilines is 3. The molecule has 1 unspecified atom stereocenters. The second kappa shape index (κ2) is 11.9. The Labute approximate surface area is 250 Å². The molecule has 2 aliphatic heterocycles. The Hall–Kier alpha value is -4.63. The molecule has 3 heterocycles.